The molecule has 0 atom stereocenters. The molecular formula is C31H34O4. The molecule has 0 aliphatic carbocycles. The second-order valence-electron chi connectivity index (χ2n) is 8.74. The average molecular weight is 471 g/mol. The molecule has 0 unspecified atom stereocenters. The molecule has 3 aromatic carbocycles. The van der Waals surface area contributed by atoms with Crippen molar-refractivity contribution in [3.05, 3.63) is 113 Å². The summed E-state index contributed by atoms with van der Waals surface area (Å²) in [4.78, 5) is 13.3. The third-order valence-corrected chi connectivity index (χ3v) is 5.49. The van der Waals surface area contributed by atoms with Crippen molar-refractivity contribution in [2.75, 3.05) is 6.61 Å². The van der Waals surface area contributed by atoms with E-state index in [2.05, 4.69) is 26.8 Å². The SMILES string of the molecule is CC(C)=CCCC(C)=CCOc1cccc(OCc2ccccc2)c1C(=O)Oc1ccccc1C. The Balaban J connectivity index is 1.81. The van der Waals surface area contributed by atoms with Crippen LogP contribution in [-0.4, -0.2) is 12.6 Å². The second kappa shape index (κ2) is 13.2. The highest BCUT2D eigenvalue weighted by atomic mass is 16.5. The van der Waals surface area contributed by atoms with Crippen molar-refractivity contribution in [1.82, 2.24) is 0 Å². The quantitative estimate of drug-likeness (QED) is 0.162. The third kappa shape index (κ3) is 8.18. The number of benzene rings is 3. The van der Waals surface area contributed by atoms with Crippen molar-refractivity contribution in [2.24, 2.45) is 0 Å². The zero-order chi connectivity index (χ0) is 25.0. The number of esters is 1. The highest BCUT2D eigenvalue weighted by molar-refractivity contribution is 5.97. The Morgan fingerprint density at radius 2 is 1.43 bits per heavy atom. The lowest BCUT2D eigenvalue weighted by atomic mass is 10.1. The van der Waals surface area contributed by atoms with E-state index in [4.69, 9.17) is 14.2 Å². The van der Waals surface area contributed by atoms with Crippen LogP contribution in [0.5, 0.6) is 17.2 Å². The number of hydrogen-bond acceptors (Lipinski definition) is 4. The standard InChI is InChI=1S/C31H34O4/c1-23(2)12-10-13-24(3)20-21-33-28-18-11-19-29(34-22-26-15-6-5-7-16-26)30(28)31(32)35-27-17-9-8-14-25(27)4/h5-9,11-12,14-20H,10,13,21-22H2,1-4H3. The van der Waals surface area contributed by atoms with Crippen LogP contribution in [0, 0.1) is 6.92 Å². The first kappa shape index (κ1) is 25.8. The molecule has 4 heteroatoms. The fraction of sp³-hybridized carbons (Fsp3) is 0.258. The first-order valence-electron chi connectivity index (χ1n) is 11.9. The number of carbonyl (C=O) groups is 1. The number of hydrogen-bond donors (Lipinski definition) is 0. The van der Waals surface area contributed by atoms with Gasteiger partial charge in [0.25, 0.3) is 0 Å². The Labute approximate surface area is 208 Å². The van der Waals surface area contributed by atoms with Crippen molar-refractivity contribution >= 4 is 5.97 Å². The maximum absolute atomic E-state index is 13.3. The molecule has 0 aromatic heterocycles. The molecule has 0 aliphatic heterocycles. The number of ether oxygens (including phenoxy) is 3. The van der Waals surface area contributed by atoms with E-state index >= 15 is 0 Å². The molecule has 0 spiro atoms. The van der Waals surface area contributed by atoms with Gasteiger partial charge < -0.3 is 14.2 Å². The molecule has 3 rings (SSSR count). The van der Waals surface area contributed by atoms with E-state index in [1.54, 1.807) is 18.2 Å². The van der Waals surface area contributed by atoms with Crippen LogP contribution >= 0.6 is 0 Å². The molecule has 35 heavy (non-hydrogen) atoms. The van der Waals surface area contributed by atoms with Crippen LogP contribution < -0.4 is 14.2 Å². The topological polar surface area (TPSA) is 44.8 Å². The van der Waals surface area contributed by atoms with Crippen molar-refractivity contribution in [2.45, 2.75) is 47.1 Å². The number of para-hydroxylation sites is 1. The van der Waals surface area contributed by atoms with Crippen LogP contribution in [0.4, 0.5) is 0 Å². The van der Waals surface area contributed by atoms with Crippen molar-refractivity contribution in [1.29, 1.82) is 0 Å². The van der Waals surface area contributed by atoms with E-state index in [1.807, 2.05) is 67.6 Å². The molecule has 0 heterocycles. The summed E-state index contributed by atoms with van der Waals surface area (Å²) in [6, 6.07) is 22.6. The summed E-state index contributed by atoms with van der Waals surface area (Å²) >= 11 is 0. The molecule has 0 N–H and O–H groups in total. The lowest BCUT2D eigenvalue weighted by molar-refractivity contribution is 0.0724. The Kier molecular flexibility index (Phi) is 9.73. The Morgan fingerprint density at radius 3 is 2.14 bits per heavy atom. The van der Waals surface area contributed by atoms with Crippen LogP contribution in [-0.2, 0) is 6.61 Å². The van der Waals surface area contributed by atoms with Crippen LogP contribution in [0.2, 0.25) is 0 Å². The largest absolute Gasteiger partial charge is 0.488 e. The maximum atomic E-state index is 13.3. The predicted molar refractivity (Wildman–Crippen MR) is 141 cm³/mol. The van der Waals surface area contributed by atoms with E-state index in [1.165, 1.54) is 11.1 Å². The van der Waals surface area contributed by atoms with Gasteiger partial charge in [0, 0.05) is 0 Å². The first-order chi connectivity index (χ1) is 16.9. The highest BCUT2D eigenvalue weighted by Gasteiger charge is 2.22. The lowest BCUT2D eigenvalue weighted by Gasteiger charge is -2.16. The highest BCUT2D eigenvalue weighted by Crippen LogP contribution is 2.31. The van der Waals surface area contributed by atoms with Crippen LogP contribution in [0.25, 0.3) is 0 Å². The van der Waals surface area contributed by atoms with Gasteiger partial charge in [-0.15, -0.1) is 0 Å². The van der Waals surface area contributed by atoms with Gasteiger partial charge in [-0.2, -0.15) is 0 Å². The zero-order valence-electron chi connectivity index (χ0n) is 21.0. The van der Waals surface area contributed by atoms with Gasteiger partial charge in [0.1, 0.15) is 36.0 Å². The number of allylic oxidation sites excluding steroid dienone is 3. The minimum Gasteiger partial charge on any atom is -0.488 e. The molecular weight excluding hydrogens is 436 g/mol. The molecule has 0 saturated heterocycles. The van der Waals surface area contributed by atoms with Crippen molar-refractivity contribution in [3.8, 4) is 17.2 Å². The Bertz CT molecular complexity index is 1170. The number of aryl methyl sites for hydroxylation is 1. The molecule has 0 saturated carbocycles. The monoisotopic (exact) mass is 470 g/mol. The normalized spacial score (nSPS) is 11.0. The van der Waals surface area contributed by atoms with E-state index in [9.17, 15) is 4.79 Å². The van der Waals surface area contributed by atoms with Gasteiger partial charge in [-0.1, -0.05) is 71.8 Å². The van der Waals surface area contributed by atoms with Gasteiger partial charge >= 0.3 is 5.97 Å². The molecule has 0 bridgehead atoms. The van der Waals surface area contributed by atoms with Gasteiger partial charge in [0.2, 0.25) is 0 Å². The third-order valence-electron chi connectivity index (χ3n) is 5.49. The summed E-state index contributed by atoms with van der Waals surface area (Å²) in [6.07, 6.45) is 6.25. The van der Waals surface area contributed by atoms with E-state index in [-0.39, 0.29) is 5.56 Å². The summed E-state index contributed by atoms with van der Waals surface area (Å²) in [5, 5.41) is 0. The molecule has 3 aromatic rings. The van der Waals surface area contributed by atoms with Gasteiger partial charge in [0.15, 0.2) is 0 Å². The molecule has 4 nitrogen and oxygen atoms in total. The fourth-order valence-corrected chi connectivity index (χ4v) is 3.47. The minimum absolute atomic E-state index is 0.280. The summed E-state index contributed by atoms with van der Waals surface area (Å²) in [7, 11) is 0. The minimum atomic E-state index is -0.512. The summed E-state index contributed by atoms with van der Waals surface area (Å²) in [5.74, 6) is 0.857. The molecule has 0 amide bonds. The summed E-state index contributed by atoms with van der Waals surface area (Å²) in [6.45, 7) is 8.89. The van der Waals surface area contributed by atoms with Gasteiger partial charge in [-0.05, 0) is 75.9 Å². The molecule has 0 radical (unpaired) electrons. The fourth-order valence-electron chi connectivity index (χ4n) is 3.47. The lowest BCUT2D eigenvalue weighted by Crippen LogP contribution is -2.14. The molecule has 182 valence electrons. The maximum Gasteiger partial charge on any atom is 0.351 e. The van der Waals surface area contributed by atoms with Gasteiger partial charge in [-0.3, -0.25) is 0 Å². The number of carbonyl (C=O) groups excluding carboxylic acids is 1. The Hall–Kier alpha value is -3.79. The summed E-state index contributed by atoms with van der Waals surface area (Å²) in [5.41, 5.74) is 4.72. The van der Waals surface area contributed by atoms with E-state index in [0.717, 1.165) is 24.0 Å². The van der Waals surface area contributed by atoms with Crippen LogP contribution in [0.3, 0.4) is 0 Å². The van der Waals surface area contributed by atoms with Gasteiger partial charge in [0.05, 0.1) is 0 Å². The zero-order valence-corrected chi connectivity index (χ0v) is 21.0. The van der Waals surface area contributed by atoms with Crippen LogP contribution in [0.15, 0.2) is 96.1 Å². The van der Waals surface area contributed by atoms with Crippen molar-refractivity contribution in [3.63, 3.8) is 0 Å². The molecule has 0 fully saturated rings. The smallest absolute Gasteiger partial charge is 0.351 e. The van der Waals surface area contributed by atoms with Gasteiger partial charge in [-0.25, -0.2) is 4.79 Å². The Morgan fingerprint density at radius 1 is 0.771 bits per heavy atom. The number of rotatable bonds is 11. The predicted octanol–water partition coefficient (Wildman–Crippen LogP) is 7.86. The van der Waals surface area contributed by atoms with E-state index < -0.39 is 5.97 Å². The summed E-state index contributed by atoms with van der Waals surface area (Å²) < 4.78 is 17.8. The van der Waals surface area contributed by atoms with Crippen LogP contribution in [0.1, 0.15) is 55.1 Å². The molecule has 0 aliphatic rings. The average Bonchev–Trinajstić information content (AvgIpc) is 2.84. The van der Waals surface area contributed by atoms with E-state index in [0.29, 0.717) is 30.5 Å². The van der Waals surface area contributed by atoms with Crippen molar-refractivity contribution < 1.29 is 19.0 Å². The first-order valence-corrected chi connectivity index (χ1v) is 11.9. The second-order valence-corrected chi connectivity index (χ2v) is 8.74.